The number of hydrogen-bond donors (Lipinski definition) is 2. The molecule has 1 aliphatic heterocycles. The first-order valence-electron chi connectivity index (χ1n) is 6.36. The first-order valence-corrected chi connectivity index (χ1v) is 6.36. The van der Waals surface area contributed by atoms with Gasteiger partial charge in [0.25, 0.3) is 0 Å². The predicted molar refractivity (Wildman–Crippen MR) is 71.8 cm³/mol. The van der Waals surface area contributed by atoms with Crippen molar-refractivity contribution >= 4 is 11.7 Å². The average molecular weight is 266 g/mol. The van der Waals surface area contributed by atoms with E-state index in [1.807, 2.05) is 24.8 Å². The molecule has 2 rings (SSSR count). The zero-order valence-corrected chi connectivity index (χ0v) is 11.2. The summed E-state index contributed by atoms with van der Waals surface area (Å²) in [5, 5.41) is 12.5. The van der Waals surface area contributed by atoms with Crippen molar-refractivity contribution in [2.45, 2.75) is 19.4 Å². The van der Waals surface area contributed by atoms with Crippen LogP contribution in [-0.4, -0.2) is 36.2 Å². The molecule has 0 spiro atoms. The maximum Gasteiger partial charge on any atom is 0.309 e. The minimum Gasteiger partial charge on any atom is -0.481 e. The van der Waals surface area contributed by atoms with E-state index in [0.29, 0.717) is 19.6 Å². The summed E-state index contributed by atoms with van der Waals surface area (Å²) in [4.78, 5) is 13.2. The summed E-state index contributed by atoms with van der Waals surface area (Å²) in [5.74, 6) is -1.63. The van der Waals surface area contributed by atoms with Crippen LogP contribution in [0.3, 0.4) is 0 Å². The highest BCUT2D eigenvalue weighted by molar-refractivity contribution is 5.71. The van der Waals surface area contributed by atoms with Crippen molar-refractivity contribution in [2.75, 3.05) is 24.5 Å². The number of hydrogen-bond acceptors (Lipinski definition) is 3. The molecular weight excluding hydrogens is 247 g/mol. The van der Waals surface area contributed by atoms with Gasteiger partial charge in [0.05, 0.1) is 5.92 Å². The molecule has 1 unspecified atom stereocenters. The van der Waals surface area contributed by atoms with Crippen LogP contribution in [0.5, 0.6) is 0 Å². The zero-order chi connectivity index (χ0) is 14.0. The quantitative estimate of drug-likeness (QED) is 0.855. The van der Waals surface area contributed by atoms with Gasteiger partial charge in [-0.3, -0.25) is 4.79 Å². The van der Waals surface area contributed by atoms with Crippen LogP contribution in [0.2, 0.25) is 0 Å². The third kappa shape index (κ3) is 3.44. The highest BCUT2D eigenvalue weighted by atomic mass is 19.1. The number of rotatable bonds is 2. The fraction of sp³-hybridized carbons (Fsp3) is 0.500. The fourth-order valence-electron chi connectivity index (χ4n) is 2.36. The summed E-state index contributed by atoms with van der Waals surface area (Å²) >= 11 is 0. The Morgan fingerprint density at radius 1 is 1.53 bits per heavy atom. The number of nitrogens with zero attached hydrogens (tertiary/aromatic N) is 1. The van der Waals surface area contributed by atoms with E-state index < -0.39 is 11.9 Å². The monoisotopic (exact) mass is 266 g/mol. The molecule has 0 radical (unpaired) electrons. The number of nitrogens with one attached hydrogen (secondary N) is 1. The van der Waals surface area contributed by atoms with Crippen molar-refractivity contribution < 1.29 is 14.3 Å². The minimum absolute atomic E-state index is 0.212. The Balaban J connectivity index is 2.28. The van der Waals surface area contributed by atoms with Crippen molar-refractivity contribution in [1.82, 2.24) is 5.32 Å². The number of anilines is 1. The van der Waals surface area contributed by atoms with E-state index in [2.05, 4.69) is 5.32 Å². The molecule has 1 aliphatic rings. The smallest absolute Gasteiger partial charge is 0.309 e. The highest BCUT2D eigenvalue weighted by Crippen LogP contribution is 2.22. The Kier molecular flexibility index (Phi) is 3.75. The van der Waals surface area contributed by atoms with E-state index >= 15 is 0 Å². The van der Waals surface area contributed by atoms with E-state index in [1.165, 1.54) is 12.1 Å². The van der Waals surface area contributed by atoms with Gasteiger partial charge in [0.2, 0.25) is 0 Å². The van der Waals surface area contributed by atoms with Crippen LogP contribution in [-0.2, 0) is 4.79 Å². The normalized spacial score (nSPS) is 22.9. The SMILES string of the molecule is CC1(C)CN(c2cccc(F)c2)CC(C(=O)O)CN1. The third-order valence-electron chi connectivity index (χ3n) is 3.38. The lowest BCUT2D eigenvalue weighted by Crippen LogP contribution is -2.46. The number of halogens is 1. The van der Waals surface area contributed by atoms with Crippen molar-refractivity contribution in [3.63, 3.8) is 0 Å². The Bertz CT molecular complexity index is 476. The molecule has 1 atom stereocenters. The van der Waals surface area contributed by atoms with Crippen molar-refractivity contribution in [1.29, 1.82) is 0 Å². The van der Waals surface area contributed by atoms with Gasteiger partial charge in [-0.1, -0.05) is 6.07 Å². The number of carboxylic acid groups (broad SMARTS) is 1. The van der Waals surface area contributed by atoms with Crippen LogP contribution in [0.1, 0.15) is 13.8 Å². The summed E-state index contributed by atoms with van der Waals surface area (Å²) in [6, 6.07) is 6.29. The summed E-state index contributed by atoms with van der Waals surface area (Å²) in [6.45, 7) is 5.48. The molecule has 5 heteroatoms. The van der Waals surface area contributed by atoms with Gasteiger partial charge in [-0.2, -0.15) is 0 Å². The average Bonchev–Trinajstić information content (AvgIpc) is 2.48. The molecule has 19 heavy (non-hydrogen) atoms. The molecule has 1 aromatic carbocycles. The molecule has 2 N–H and O–H groups in total. The molecule has 104 valence electrons. The van der Waals surface area contributed by atoms with Crippen molar-refractivity contribution in [3.8, 4) is 0 Å². The molecule has 4 nitrogen and oxygen atoms in total. The van der Waals surface area contributed by atoms with Crippen molar-refractivity contribution in [2.24, 2.45) is 5.92 Å². The second-order valence-electron chi connectivity index (χ2n) is 5.66. The molecule has 1 heterocycles. The van der Waals surface area contributed by atoms with Crippen LogP contribution < -0.4 is 10.2 Å². The zero-order valence-electron chi connectivity index (χ0n) is 11.2. The van der Waals surface area contributed by atoms with E-state index in [1.54, 1.807) is 6.07 Å². The van der Waals surface area contributed by atoms with Gasteiger partial charge >= 0.3 is 5.97 Å². The lowest BCUT2D eigenvalue weighted by Gasteiger charge is -2.31. The van der Waals surface area contributed by atoms with Gasteiger partial charge in [0, 0.05) is 30.9 Å². The van der Waals surface area contributed by atoms with Crippen LogP contribution in [0.15, 0.2) is 24.3 Å². The van der Waals surface area contributed by atoms with E-state index in [9.17, 15) is 14.3 Å². The number of carbonyl (C=O) groups is 1. The summed E-state index contributed by atoms with van der Waals surface area (Å²) < 4.78 is 13.3. The fourth-order valence-corrected chi connectivity index (χ4v) is 2.36. The van der Waals surface area contributed by atoms with E-state index in [-0.39, 0.29) is 11.4 Å². The standard InChI is InChI=1S/C14H19FN2O2/c1-14(2)9-17(8-10(7-16-14)13(18)19)12-5-3-4-11(15)6-12/h3-6,10,16H,7-9H2,1-2H3,(H,18,19). The maximum atomic E-state index is 13.3. The molecule has 0 saturated carbocycles. The second kappa shape index (κ2) is 5.17. The summed E-state index contributed by atoms with van der Waals surface area (Å²) in [7, 11) is 0. The Labute approximate surface area is 112 Å². The Morgan fingerprint density at radius 2 is 2.26 bits per heavy atom. The predicted octanol–water partition coefficient (Wildman–Crippen LogP) is 1.71. The van der Waals surface area contributed by atoms with Gasteiger partial charge < -0.3 is 15.3 Å². The molecule has 0 aromatic heterocycles. The first kappa shape index (κ1) is 13.8. The molecule has 1 aromatic rings. The molecule has 0 bridgehead atoms. The molecule has 0 aliphatic carbocycles. The molecule has 0 amide bonds. The number of benzene rings is 1. The summed E-state index contributed by atoms with van der Waals surface area (Å²) in [5.41, 5.74) is 0.513. The third-order valence-corrected chi connectivity index (χ3v) is 3.38. The van der Waals surface area contributed by atoms with Crippen LogP contribution in [0.4, 0.5) is 10.1 Å². The summed E-state index contributed by atoms with van der Waals surface area (Å²) in [6.07, 6.45) is 0. The molecule has 1 fully saturated rings. The lowest BCUT2D eigenvalue weighted by atomic mass is 10.1. The second-order valence-corrected chi connectivity index (χ2v) is 5.66. The van der Waals surface area contributed by atoms with Crippen LogP contribution in [0.25, 0.3) is 0 Å². The largest absolute Gasteiger partial charge is 0.481 e. The van der Waals surface area contributed by atoms with Crippen LogP contribution in [0, 0.1) is 11.7 Å². The minimum atomic E-state index is -0.827. The molecular formula is C14H19FN2O2. The lowest BCUT2D eigenvalue weighted by molar-refractivity contribution is -0.141. The Hall–Kier alpha value is -1.62. The van der Waals surface area contributed by atoms with E-state index in [0.717, 1.165) is 5.69 Å². The van der Waals surface area contributed by atoms with Gasteiger partial charge in [0.15, 0.2) is 0 Å². The Morgan fingerprint density at radius 3 is 2.89 bits per heavy atom. The van der Waals surface area contributed by atoms with Crippen LogP contribution >= 0.6 is 0 Å². The van der Waals surface area contributed by atoms with E-state index in [4.69, 9.17) is 0 Å². The number of carboxylic acids is 1. The molecule has 1 saturated heterocycles. The van der Waals surface area contributed by atoms with Gasteiger partial charge in [0.1, 0.15) is 5.82 Å². The van der Waals surface area contributed by atoms with Gasteiger partial charge in [-0.05, 0) is 32.0 Å². The number of aliphatic carboxylic acids is 1. The first-order chi connectivity index (χ1) is 8.87. The maximum absolute atomic E-state index is 13.3. The van der Waals surface area contributed by atoms with Gasteiger partial charge in [-0.15, -0.1) is 0 Å². The highest BCUT2D eigenvalue weighted by Gasteiger charge is 2.31. The van der Waals surface area contributed by atoms with Gasteiger partial charge in [-0.25, -0.2) is 4.39 Å². The van der Waals surface area contributed by atoms with Crippen molar-refractivity contribution in [3.05, 3.63) is 30.1 Å². The topological polar surface area (TPSA) is 52.6 Å².